The molecule has 0 radical (unpaired) electrons. The van der Waals surface area contributed by atoms with Gasteiger partial charge < -0.3 is 15.2 Å². The molecule has 0 atom stereocenters. The number of hydrogen-bond acceptors (Lipinski definition) is 3. The molecule has 3 nitrogen and oxygen atoms in total. The number of nitrogens with two attached hydrogens (primary N) is 1. The minimum absolute atomic E-state index is 0.331. The third-order valence-corrected chi connectivity index (χ3v) is 3.47. The van der Waals surface area contributed by atoms with Crippen LogP contribution in [0.4, 0.5) is 10.1 Å². The van der Waals surface area contributed by atoms with Crippen molar-refractivity contribution in [1.82, 2.24) is 0 Å². The molecule has 2 rings (SSSR count). The average Bonchev–Trinajstić information content (AvgIpc) is 2.45. The maximum absolute atomic E-state index is 13.4. The zero-order valence-electron chi connectivity index (χ0n) is 11.0. The summed E-state index contributed by atoms with van der Waals surface area (Å²) in [5, 5.41) is 0. The van der Waals surface area contributed by atoms with Crippen molar-refractivity contribution in [2.75, 3.05) is 19.5 Å². The van der Waals surface area contributed by atoms with E-state index in [1.165, 1.54) is 12.1 Å². The van der Waals surface area contributed by atoms with E-state index in [1.807, 2.05) is 24.3 Å². The van der Waals surface area contributed by atoms with Gasteiger partial charge in [0.05, 0.1) is 23.9 Å². The molecule has 2 N–H and O–H groups in total. The van der Waals surface area contributed by atoms with Gasteiger partial charge in [-0.05, 0) is 39.7 Å². The van der Waals surface area contributed by atoms with Gasteiger partial charge >= 0.3 is 0 Å². The molecule has 0 aliphatic heterocycles. The van der Waals surface area contributed by atoms with E-state index in [2.05, 4.69) is 15.9 Å². The second kappa shape index (κ2) is 6.61. The van der Waals surface area contributed by atoms with Gasteiger partial charge in [-0.1, -0.05) is 12.1 Å². The number of benzene rings is 2. The molecule has 0 saturated carbocycles. The fourth-order valence-corrected chi connectivity index (χ4v) is 2.10. The van der Waals surface area contributed by atoms with Crippen molar-refractivity contribution < 1.29 is 13.9 Å². The SMILES string of the molecule is COc1ccc(CCOc2cc(F)c(Br)cc2N)cc1. The van der Waals surface area contributed by atoms with Gasteiger partial charge in [0.25, 0.3) is 0 Å². The fraction of sp³-hybridized carbons (Fsp3) is 0.200. The highest BCUT2D eigenvalue weighted by molar-refractivity contribution is 9.10. The van der Waals surface area contributed by atoms with E-state index >= 15 is 0 Å². The maximum Gasteiger partial charge on any atom is 0.145 e. The van der Waals surface area contributed by atoms with Crippen LogP contribution in [0.5, 0.6) is 11.5 Å². The lowest BCUT2D eigenvalue weighted by Gasteiger charge is -2.10. The Labute approximate surface area is 125 Å². The summed E-state index contributed by atoms with van der Waals surface area (Å²) in [4.78, 5) is 0. The van der Waals surface area contributed by atoms with E-state index in [9.17, 15) is 4.39 Å². The van der Waals surface area contributed by atoms with E-state index in [-0.39, 0.29) is 0 Å². The van der Waals surface area contributed by atoms with Crippen LogP contribution >= 0.6 is 15.9 Å². The minimum atomic E-state index is -0.390. The summed E-state index contributed by atoms with van der Waals surface area (Å²) in [6.07, 6.45) is 0.709. The summed E-state index contributed by atoms with van der Waals surface area (Å²) in [6, 6.07) is 10.5. The Morgan fingerprint density at radius 3 is 2.55 bits per heavy atom. The number of anilines is 1. The number of halogens is 2. The lowest BCUT2D eigenvalue weighted by atomic mass is 10.1. The highest BCUT2D eigenvalue weighted by Crippen LogP contribution is 2.28. The highest BCUT2D eigenvalue weighted by Gasteiger charge is 2.07. The van der Waals surface area contributed by atoms with Gasteiger partial charge in [-0.3, -0.25) is 0 Å². The number of nitrogen functional groups attached to an aromatic ring is 1. The van der Waals surface area contributed by atoms with Gasteiger partial charge in [0.1, 0.15) is 17.3 Å². The average molecular weight is 340 g/mol. The van der Waals surface area contributed by atoms with Gasteiger partial charge in [-0.15, -0.1) is 0 Å². The van der Waals surface area contributed by atoms with Gasteiger partial charge in [-0.2, -0.15) is 0 Å². The smallest absolute Gasteiger partial charge is 0.145 e. The third kappa shape index (κ3) is 3.63. The molecule has 106 valence electrons. The first-order chi connectivity index (χ1) is 9.60. The van der Waals surface area contributed by atoms with Crippen molar-refractivity contribution in [2.24, 2.45) is 0 Å². The van der Waals surface area contributed by atoms with Crippen LogP contribution in [-0.4, -0.2) is 13.7 Å². The van der Waals surface area contributed by atoms with Crippen LogP contribution in [0, 0.1) is 5.82 Å². The van der Waals surface area contributed by atoms with E-state index in [1.54, 1.807) is 7.11 Å². The highest BCUT2D eigenvalue weighted by atomic mass is 79.9. The zero-order valence-corrected chi connectivity index (χ0v) is 12.6. The Morgan fingerprint density at radius 2 is 1.90 bits per heavy atom. The second-order valence-corrected chi connectivity index (χ2v) is 5.11. The summed E-state index contributed by atoms with van der Waals surface area (Å²) in [6.45, 7) is 0.428. The molecule has 20 heavy (non-hydrogen) atoms. The first kappa shape index (κ1) is 14.7. The number of ether oxygens (including phenoxy) is 2. The van der Waals surface area contributed by atoms with Gasteiger partial charge in [-0.25, -0.2) is 4.39 Å². The Kier molecular flexibility index (Phi) is 4.84. The van der Waals surface area contributed by atoms with Crippen LogP contribution in [0.3, 0.4) is 0 Å². The van der Waals surface area contributed by atoms with Crippen LogP contribution in [0.15, 0.2) is 40.9 Å². The van der Waals surface area contributed by atoms with E-state index in [0.717, 1.165) is 11.3 Å². The summed E-state index contributed by atoms with van der Waals surface area (Å²) < 4.78 is 24.3. The van der Waals surface area contributed by atoms with Crippen molar-refractivity contribution in [3.63, 3.8) is 0 Å². The molecule has 0 amide bonds. The second-order valence-electron chi connectivity index (χ2n) is 4.25. The largest absolute Gasteiger partial charge is 0.497 e. The first-order valence-corrected chi connectivity index (χ1v) is 6.89. The van der Waals surface area contributed by atoms with Crippen molar-refractivity contribution >= 4 is 21.6 Å². The number of methoxy groups -OCH3 is 1. The van der Waals surface area contributed by atoms with E-state index in [4.69, 9.17) is 15.2 Å². The predicted octanol–water partition coefficient (Wildman–Crippen LogP) is 3.80. The summed E-state index contributed by atoms with van der Waals surface area (Å²) in [5.74, 6) is 0.784. The Bertz CT molecular complexity index is 587. The molecule has 0 fully saturated rings. The van der Waals surface area contributed by atoms with E-state index in [0.29, 0.717) is 28.9 Å². The summed E-state index contributed by atoms with van der Waals surface area (Å²) in [7, 11) is 1.63. The molecule has 0 heterocycles. The number of rotatable bonds is 5. The molecular formula is C15H15BrFNO2. The topological polar surface area (TPSA) is 44.5 Å². The third-order valence-electron chi connectivity index (χ3n) is 2.86. The van der Waals surface area contributed by atoms with Crippen LogP contribution in [0.1, 0.15) is 5.56 Å². The predicted molar refractivity (Wildman–Crippen MR) is 80.7 cm³/mol. The van der Waals surface area contributed by atoms with Crippen LogP contribution in [-0.2, 0) is 6.42 Å². The molecule has 0 spiro atoms. The van der Waals surface area contributed by atoms with Gasteiger partial charge in [0.2, 0.25) is 0 Å². The molecule has 0 bridgehead atoms. The molecule has 0 aliphatic rings. The molecule has 5 heteroatoms. The normalized spacial score (nSPS) is 10.3. The van der Waals surface area contributed by atoms with Gasteiger partial charge in [0, 0.05) is 12.5 Å². The molecule has 0 aromatic heterocycles. The summed E-state index contributed by atoms with van der Waals surface area (Å²) >= 11 is 3.08. The lowest BCUT2D eigenvalue weighted by Crippen LogP contribution is -2.04. The molecule has 2 aromatic carbocycles. The van der Waals surface area contributed by atoms with E-state index < -0.39 is 5.82 Å². The van der Waals surface area contributed by atoms with Crippen molar-refractivity contribution in [1.29, 1.82) is 0 Å². The lowest BCUT2D eigenvalue weighted by molar-refractivity contribution is 0.322. The molecule has 0 aliphatic carbocycles. The van der Waals surface area contributed by atoms with Crippen molar-refractivity contribution in [3.05, 3.63) is 52.3 Å². The van der Waals surface area contributed by atoms with Crippen LogP contribution in [0.25, 0.3) is 0 Å². The minimum Gasteiger partial charge on any atom is -0.497 e. The Hall–Kier alpha value is -1.75. The molecular weight excluding hydrogens is 325 g/mol. The zero-order chi connectivity index (χ0) is 14.5. The van der Waals surface area contributed by atoms with Crippen LogP contribution in [0.2, 0.25) is 0 Å². The Morgan fingerprint density at radius 1 is 1.20 bits per heavy atom. The van der Waals surface area contributed by atoms with Crippen molar-refractivity contribution in [3.8, 4) is 11.5 Å². The number of hydrogen-bond donors (Lipinski definition) is 1. The standard InChI is InChI=1S/C15H15BrFNO2/c1-19-11-4-2-10(3-5-11)6-7-20-15-9-13(17)12(16)8-14(15)18/h2-5,8-9H,6-7,18H2,1H3. The first-order valence-electron chi connectivity index (χ1n) is 6.10. The maximum atomic E-state index is 13.4. The quantitative estimate of drug-likeness (QED) is 0.842. The summed E-state index contributed by atoms with van der Waals surface area (Å²) in [5.41, 5.74) is 7.29. The van der Waals surface area contributed by atoms with Crippen LogP contribution < -0.4 is 15.2 Å². The van der Waals surface area contributed by atoms with Crippen molar-refractivity contribution in [2.45, 2.75) is 6.42 Å². The molecule has 0 unspecified atom stereocenters. The Balaban J connectivity index is 1.94. The monoisotopic (exact) mass is 339 g/mol. The fourth-order valence-electron chi connectivity index (χ4n) is 1.74. The molecule has 0 saturated heterocycles. The molecule has 2 aromatic rings. The van der Waals surface area contributed by atoms with Gasteiger partial charge in [0.15, 0.2) is 0 Å².